The van der Waals surface area contributed by atoms with Gasteiger partial charge in [-0.2, -0.15) is 0 Å². The summed E-state index contributed by atoms with van der Waals surface area (Å²) in [5, 5.41) is 14.1. The van der Waals surface area contributed by atoms with Crippen LogP contribution in [0.5, 0.6) is 5.75 Å². The third kappa shape index (κ3) is 2.87. The molecule has 1 aromatic carbocycles. The first kappa shape index (κ1) is 15.1. The molecule has 5 heteroatoms. The SMILES string of the molecule is COc1cccc([C@@H]2C[C@@H](O)CN2Cc2c(C)noc2C)c1. The summed E-state index contributed by atoms with van der Waals surface area (Å²) in [7, 11) is 1.67. The highest BCUT2D eigenvalue weighted by molar-refractivity contribution is 5.32. The molecule has 0 aliphatic carbocycles. The van der Waals surface area contributed by atoms with Gasteiger partial charge in [-0.3, -0.25) is 4.90 Å². The molecular formula is C17H22N2O3. The van der Waals surface area contributed by atoms with Crippen LogP contribution < -0.4 is 4.74 Å². The Balaban J connectivity index is 1.86. The fraction of sp³-hybridized carbons (Fsp3) is 0.471. The lowest BCUT2D eigenvalue weighted by molar-refractivity contribution is 0.172. The van der Waals surface area contributed by atoms with E-state index in [1.54, 1.807) is 7.11 Å². The van der Waals surface area contributed by atoms with Crippen LogP contribution in [0.25, 0.3) is 0 Å². The summed E-state index contributed by atoms with van der Waals surface area (Å²) in [6.45, 7) is 5.29. The Bertz CT molecular complexity index is 634. The predicted octanol–water partition coefficient (Wildman–Crippen LogP) is 2.61. The summed E-state index contributed by atoms with van der Waals surface area (Å²) in [5.74, 6) is 1.69. The van der Waals surface area contributed by atoms with E-state index in [0.717, 1.165) is 35.7 Å². The Morgan fingerprint density at radius 3 is 2.91 bits per heavy atom. The maximum absolute atomic E-state index is 10.1. The lowest BCUT2D eigenvalue weighted by Gasteiger charge is -2.24. The standard InChI is InChI=1S/C17H22N2O3/c1-11-16(12(2)22-18-11)10-19-9-14(20)8-17(19)13-5-4-6-15(7-13)21-3/h4-7,14,17,20H,8-10H2,1-3H3/t14-,17+/m1/s1. The fourth-order valence-corrected chi connectivity index (χ4v) is 3.18. The number of aromatic nitrogens is 1. The monoisotopic (exact) mass is 302 g/mol. The van der Waals surface area contributed by atoms with Gasteiger partial charge in [0.15, 0.2) is 0 Å². The lowest BCUT2D eigenvalue weighted by Crippen LogP contribution is -2.24. The number of nitrogens with zero attached hydrogens (tertiary/aromatic N) is 2. The summed E-state index contributed by atoms with van der Waals surface area (Å²) in [6.07, 6.45) is 0.424. The summed E-state index contributed by atoms with van der Waals surface area (Å²) in [6, 6.07) is 8.24. The van der Waals surface area contributed by atoms with Crippen LogP contribution in [-0.4, -0.2) is 34.9 Å². The van der Waals surface area contributed by atoms with Crippen LogP contribution >= 0.6 is 0 Å². The largest absolute Gasteiger partial charge is 0.497 e. The van der Waals surface area contributed by atoms with Gasteiger partial charge in [0, 0.05) is 24.7 Å². The van der Waals surface area contributed by atoms with Crippen molar-refractivity contribution in [3.63, 3.8) is 0 Å². The molecule has 0 radical (unpaired) electrons. The number of ether oxygens (including phenoxy) is 1. The molecule has 2 atom stereocenters. The van der Waals surface area contributed by atoms with E-state index in [2.05, 4.69) is 16.1 Å². The zero-order valence-electron chi connectivity index (χ0n) is 13.2. The quantitative estimate of drug-likeness (QED) is 0.941. The molecule has 1 N–H and O–H groups in total. The zero-order chi connectivity index (χ0) is 15.7. The van der Waals surface area contributed by atoms with Gasteiger partial charge in [0.1, 0.15) is 11.5 Å². The van der Waals surface area contributed by atoms with Crippen molar-refractivity contribution in [1.29, 1.82) is 0 Å². The van der Waals surface area contributed by atoms with Gasteiger partial charge in [-0.25, -0.2) is 0 Å². The zero-order valence-corrected chi connectivity index (χ0v) is 13.2. The Labute approximate surface area is 130 Å². The topological polar surface area (TPSA) is 58.7 Å². The molecule has 22 heavy (non-hydrogen) atoms. The number of aliphatic hydroxyl groups is 1. The molecule has 1 aromatic heterocycles. The van der Waals surface area contributed by atoms with Crippen molar-refractivity contribution in [3.8, 4) is 5.75 Å². The van der Waals surface area contributed by atoms with Crippen molar-refractivity contribution in [2.45, 2.75) is 39.0 Å². The third-order valence-electron chi connectivity index (χ3n) is 4.40. The molecule has 1 saturated heterocycles. The number of aliphatic hydroxyl groups excluding tert-OH is 1. The molecule has 0 spiro atoms. The van der Waals surface area contributed by atoms with E-state index in [-0.39, 0.29) is 12.1 Å². The van der Waals surface area contributed by atoms with E-state index in [9.17, 15) is 5.11 Å². The predicted molar refractivity (Wildman–Crippen MR) is 82.7 cm³/mol. The number of hydrogen-bond donors (Lipinski definition) is 1. The van der Waals surface area contributed by atoms with Gasteiger partial charge < -0.3 is 14.4 Å². The highest BCUT2D eigenvalue weighted by atomic mass is 16.5. The van der Waals surface area contributed by atoms with Crippen molar-refractivity contribution in [2.24, 2.45) is 0 Å². The first-order valence-electron chi connectivity index (χ1n) is 7.56. The van der Waals surface area contributed by atoms with Gasteiger partial charge in [-0.1, -0.05) is 17.3 Å². The molecule has 0 unspecified atom stereocenters. The van der Waals surface area contributed by atoms with Crippen molar-refractivity contribution in [2.75, 3.05) is 13.7 Å². The van der Waals surface area contributed by atoms with Gasteiger partial charge in [0.25, 0.3) is 0 Å². The summed E-state index contributed by atoms with van der Waals surface area (Å²) in [5.41, 5.74) is 3.20. The number of hydrogen-bond acceptors (Lipinski definition) is 5. The molecule has 0 amide bonds. The van der Waals surface area contributed by atoms with Gasteiger partial charge in [-0.05, 0) is 38.0 Å². The van der Waals surface area contributed by atoms with E-state index in [1.807, 2.05) is 32.0 Å². The van der Waals surface area contributed by atoms with Crippen molar-refractivity contribution >= 4 is 0 Å². The van der Waals surface area contributed by atoms with Crippen molar-refractivity contribution in [3.05, 3.63) is 46.8 Å². The van der Waals surface area contributed by atoms with Crippen molar-refractivity contribution in [1.82, 2.24) is 10.1 Å². The Morgan fingerprint density at radius 1 is 1.41 bits per heavy atom. The fourth-order valence-electron chi connectivity index (χ4n) is 3.18. The maximum Gasteiger partial charge on any atom is 0.138 e. The van der Waals surface area contributed by atoms with Crippen LogP contribution in [0.3, 0.4) is 0 Å². The number of aryl methyl sites for hydroxylation is 2. The van der Waals surface area contributed by atoms with Crippen LogP contribution in [-0.2, 0) is 6.54 Å². The van der Waals surface area contributed by atoms with Crippen LogP contribution in [0.15, 0.2) is 28.8 Å². The molecule has 0 bridgehead atoms. The van der Waals surface area contributed by atoms with Crippen LogP contribution in [0.1, 0.15) is 35.0 Å². The molecule has 1 aliphatic heterocycles. The molecule has 5 nitrogen and oxygen atoms in total. The average Bonchev–Trinajstić information content (AvgIpc) is 3.04. The number of β-amino-alcohol motifs (C(OH)–C–C–N with tert-alkyl or cyclic N) is 1. The highest BCUT2D eigenvalue weighted by Crippen LogP contribution is 2.35. The van der Waals surface area contributed by atoms with Gasteiger partial charge >= 0.3 is 0 Å². The summed E-state index contributed by atoms with van der Waals surface area (Å²) >= 11 is 0. The van der Waals surface area contributed by atoms with E-state index in [1.165, 1.54) is 5.56 Å². The Kier molecular flexibility index (Phi) is 4.18. The number of benzene rings is 1. The van der Waals surface area contributed by atoms with Crippen LogP contribution in [0.2, 0.25) is 0 Å². The van der Waals surface area contributed by atoms with Crippen LogP contribution in [0.4, 0.5) is 0 Å². The molecule has 3 rings (SSSR count). The molecular weight excluding hydrogens is 280 g/mol. The summed E-state index contributed by atoms with van der Waals surface area (Å²) < 4.78 is 10.6. The minimum Gasteiger partial charge on any atom is -0.497 e. The van der Waals surface area contributed by atoms with Gasteiger partial charge in [0.2, 0.25) is 0 Å². The van der Waals surface area contributed by atoms with E-state index < -0.39 is 0 Å². The summed E-state index contributed by atoms with van der Waals surface area (Å²) in [4.78, 5) is 2.28. The molecule has 0 saturated carbocycles. The minimum absolute atomic E-state index is 0.179. The molecule has 118 valence electrons. The highest BCUT2D eigenvalue weighted by Gasteiger charge is 2.33. The number of rotatable bonds is 4. The molecule has 2 heterocycles. The van der Waals surface area contributed by atoms with Crippen molar-refractivity contribution < 1.29 is 14.4 Å². The third-order valence-corrected chi connectivity index (χ3v) is 4.40. The second-order valence-electron chi connectivity index (χ2n) is 5.91. The number of likely N-dealkylation sites (tertiary alicyclic amines) is 1. The van der Waals surface area contributed by atoms with E-state index >= 15 is 0 Å². The first-order valence-corrected chi connectivity index (χ1v) is 7.56. The molecule has 2 aromatic rings. The normalized spacial score (nSPS) is 22.2. The Morgan fingerprint density at radius 2 is 2.23 bits per heavy atom. The first-order chi connectivity index (χ1) is 10.6. The maximum atomic E-state index is 10.1. The van der Waals surface area contributed by atoms with E-state index in [4.69, 9.17) is 9.26 Å². The molecule has 1 aliphatic rings. The second kappa shape index (κ2) is 6.10. The second-order valence-corrected chi connectivity index (χ2v) is 5.91. The minimum atomic E-state index is -0.309. The number of methoxy groups -OCH3 is 1. The van der Waals surface area contributed by atoms with Gasteiger partial charge in [-0.15, -0.1) is 0 Å². The lowest BCUT2D eigenvalue weighted by atomic mass is 10.0. The average molecular weight is 302 g/mol. The van der Waals surface area contributed by atoms with E-state index in [0.29, 0.717) is 6.54 Å². The molecule has 1 fully saturated rings. The smallest absolute Gasteiger partial charge is 0.138 e. The van der Waals surface area contributed by atoms with Gasteiger partial charge in [0.05, 0.1) is 18.9 Å². The Hall–Kier alpha value is -1.85. The van der Waals surface area contributed by atoms with Crippen LogP contribution in [0, 0.1) is 13.8 Å².